The van der Waals surface area contributed by atoms with Gasteiger partial charge in [-0.25, -0.2) is 9.78 Å². The molecule has 2 atom stereocenters. The number of pyridine rings is 2. The highest BCUT2D eigenvalue weighted by atomic mass is 16.4. The van der Waals surface area contributed by atoms with Gasteiger partial charge in [-0.05, 0) is 66.8 Å². The molecule has 1 saturated heterocycles. The molecule has 6 N–H and O–H groups in total. The average Bonchev–Trinajstić information content (AvgIpc) is 3.12. The summed E-state index contributed by atoms with van der Waals surface area (Å²) < 4.78 is 0. The van der Waals surface area contributed by atoms with Crippen LogP contribution < -0.4 is 10.9 Å². The molecule has 48 heavy (non-hydrogen) atoms. The van der Waals surface area contributed by atoms with Crippen LogP contribution in [0.15, 0.2) is 102 Å². The van der Waals surface area contributed by atoms with Crippen LogP contribution in [0.4, 0.5) is 0 Å². The molecule has 5 aromatic rings. The second kappa shape index (κ2) is 13.8. The Balaban J connectivity index is 1.07. The number of aromatic nitrogens is 2. The van der Waals surface area contributed by atoms with E-state index in [1.54, 1.807) is 89.8 Å². The van der Waals surface area contributed by atoms with Gasteiger partial charge in [0.1, 0.15) is 11.4 Å². The fourth-order valence-corrected chi connectivity index (χ4v) is 6.30. The summed E-state index contributed by atoms with van der Waals surface area (Å²) in [7, 11) is 0. The molecule has 1 aliphatic rings. The van der Waals surface area contributed by atoms with Crippen molar-refractivity contribution in [2.24, 2.45) is 5.92 Å². The maximum absolute atomic E-state index is 13.5. The minimum absolute atomic E-state index is 0.0589. The smallest absolute Gasteiger partial charge is 0.345 e. The van der Waals surface area contributed by atoms with Crippen molar-refractivity contribution < 1.29 is 30.0 Å². The number of rotatable bonds is 10. The van der Waals surface area contributed by atoms with Crippen LogP contribution in [0.5, 0.6) is 5.75 Å². The fourth-order valence-electron chi connectivity index (χ4n) is 6.30. The number of piperidine rings is 1. The Morgan fingerprint density at radius 2 is 1.67 bits per heavy atom. The number of carboxylic acids is 1. The number of nitrogens with zero attached hydrogens (tertiary/aromatic N) is 2. The van der Waals surface area contributed by atoms with E-state index in [4.69, 9.17) is 0 Å². The van der Waals surface area contributed by atoms with Crippen molar-refractivity contribution in [2.75, 3.05) is 26.2 Å². The van der Waals surface area contributed by atoms with Crippen LogP contribution >= 0.6 is 0 Å². The zero-order chi connectivity index (χ0) is 33.8. The number of aromatic amines is 1. The molecular formula is C37H36N4O7. The van der Waals surface area contributed by atoms with Crippen LogP contribution in [0.1, 0.15) is 46.1 Å². The number of carbonyl (C=O) groups is 2. The predicted octanol–water partition coefficient (Wildman–Crippen LogP) is 3.79. The van der Waals surface area contributed by atoms with Crippen molar-refractivity contribution >= 4 is 22.8 Å². The lowest BCUT2D eigenvalue weighted by Gasteiger charge is -2.32. The maximum Gasteiger partial charge on any atom is 0.345 e. The number of likely N-dealkylation sites (tertiary alicyclic amines) is 1. The minimum atomic E-state index is -2.26. The van der Waals surface area contributed by atoms with Crippen LogP contribution in [0.2, 0.25) is 0 Å². The topological polar surface area (TPSA) is 176 Å². The van der Waals surface area contributed by atoms with Gasteiger partial charge >= 0.3 is 5.97 Å². The molecule has 3 heterocycles. The number of aromatic hydroxyl groups is 1. The van der Waals surface area contributed by atoms with Crippen molar-refractivity contribution in [3.8, 4) is 17.0 Å². The first-order valence-electron chi connectivity index (χ1n) is 15.8. The van der Waals surface area contributed by atoms with Gasteiger partial charge < -0.3 is 35.6 Å². The number of amides is 1. The first-order chi connectivity index (χ1) is 23.1. The Labute approximate surface area is 276 Å². The summed E-state index contributed by atoms with van der Waals surface area (Å²) in [6, 6.07) is 25.9. The second-order valence-electron chi connectivity index (χ2n) is 12.1. The van der Waals surface area contributed by atoms with E-state index < -0.39 is 17.7 Å². The van der Waals surface area contributed by atoms with E-state index in [0.29, 0.717) is 47.8 Å². The lowest BCUT2D eigenvalue weighted by Crippen LogP contribution is -2.41. The van der Waals surface area contributed by atoms with Gasteiger partial charge in [-0.1, -0.05) is 60.7 Å². The summed E-state index contributed by atoms with van der Waals surface area (Å²) >= 11 is 0. The average molecular weight is 649 g/mol. The van der Waals surface area contributed by atoms with Gasteiger partial charge in [0.15, 0.2) is 0 Å². The monoisotopic (exact) mass is 648 g/mol. The van der Waals surface area contributed by atoms with Crippen molar-refractivity contribution in [1.82, 2.24) is 20.2 Å². The highest BCUT2D eigenvalue weighted by molar-refractivity contribution is 5.93. The summed E-state index contributed by atoms with van der Waals surface area (Å²) in [4.78, 5) is 46.4. The Bertz CT molecular complexity index is 2010. The van der Waals surface area contributed by atoms with Crippen molar-refractivity contribution in [3.63, 3.8) is 0 Å². The van der Waals surface area contributed by atoms with Crippen LogP contribution in [-0.4, -0.2) is 73.3 Å². The molecule has 2 unspecified atom stereocenters. The Kier molecular flexibility index (Phi) is 9.35. The first kappa shape index (κ1) is 32.6. The number of carboxylic acid groups (broad SMARTS) is 1. The maximum atomic E-state index is 13.5. The molecule has 1 fully saturated rings. The molecule has 11 heteroatoms. The standard InChI is InChI=1S/C37H36N4O7/c42-31-14-12-27(28-13-15-33(44)40-34(28)31)32(43)22-38-21-23-16-18-41(19-17-23)35(45)30-11-5-10-29(39-30)24-6-4-9-26(20-24)37(48,36(46)47)25-7-2-1-3-8-25/h1-15,20,23,32,38,42-43,48H,16-19,21-22H2,(H,40,44)(H,46,47). The van der Waals surface area contributed by atoms with Gasteiger partial charge in [0.2, 0.25) is 11.2 Å². The summed E-state index contributed by atoms with van der Waals surface area (Å²) in [5.74, 6) is -1.36. The fraction of sp³-hybridized carbons (Fsp3) is 0.243. The molecule has 246 valence electrons. The van der Waals surface area contributed by atoms with E-state index in [0.717, 1.165) is 12.8 Å². The Morgan fingerprint density at radius 1 is 0.938 bits per heavy atom. The van der Waals surface area contributed by atoms with Gasteiger partial charge in [-0.3, -0.25) is 9.59 Å². The third-order valence-electron chi connectivity index (χ3n) is 8.98. The number of carbonyl (C=O) groups excluding carboxylic acids is 1. The van der Waals surface area contributed by atoms with E-state index in [1.807, 2.05) is 0 Å². The summed E-state index contributed by atoms with van der Waals surface area (Å²) in [5, 5.41) is 46.2. The van der Waals surface area contributed by atoms with E-state index in [-0.39, 0.29) is 46.1 Å². The third-order valence-corrected chi connectivity index (χ3v) is 8.98. The number of fused-ring (bicyclic) bond motifs is 1. The number of hydrogen-bond donors (Lipinski definition) is 6. The predicted molar refractivity (Wildman–Crippen MR) is 179 cm³/mol. The second-order valence-corrected chi connectivity index (χ2v) is 12.1. The molecule has 2 aromatic heterocycles. The number of H-pyrrole nitrogens is 1. The number of hydrogen-bond acceptors (Lipinski definition) is 8. The molecule has 11 nitrogen and oxygen atoms in total. The summed E-state index contributed by atoms with van der Waals surface area (Å²) in [5.41, 5.74) is 0.0169. The molecule has 0 saturated carbocycles. The number of phenols is 1. The minimum Gasteiger partial charge on any atom is -0.506 e. The number of aliphatic hydroxyl groups is 2. The molecule has 0 spiro atoms. The molecule has 0 aliphatic carbocycles. The highest BCUT2D eigenvalue weighted by Crippen LogP contribution is 2.33. The third kappa shape index (κ3) is 6.56. The molecule has 0 bridgehead atoms. The van der Waals surface area contributed by atoms with Crippen molar-refractivity contribution in [2.45, 2.75) is 24.5 Å². The van der Waals surface area contributed by atoms with Gasteiger partial charge in [0, 0.05) is 42.2 Å². The molecular weight excluding hydrogens is 612 g/mol. The van der Waals surface area contributed by atoms with E-state index in [1.165, 1.54) is 12.1 Å². The number of aliphatic hydroxyl groups excluding tert-OH is 1. The van der Waals surface area contributed by atoms with Crippen LogP contribution in [-0.2, 0) is 10.4 Å². The lowest BCUT2D eigenvalue weighted by atomic mass is 9.85. The zero-order valence-electron chi connectivity index (χ0n) is 26.0. The molecule has 6 rings (SSSR count). The largest absolute Gasteiger partial charge is 0.506 e. The number of aliphatic carboxylic acids is 1. The van der Waals surface area contributed by atoms with Crippen molar-refractivity contribution in [3.05, 3.63) is 130 Å². The molecule has 1 amide bonds. The van der Waals surface area contributed by atoms with E-state index in [9.17, 15) is 34.8 Å². The SMILES string of the molecule is O=C(c1cccc(-c2cccc(C(O)(C(=O)O)c3ccccc3)c2)n1)N1CCC(CNCC(O)c2ccc(O)c3[nH]c(=O)ccc23)CC1. The van der Waals surface area contributed by atoms with Crippen LogP contribution in [0.25, 0.3) is 22.2 Å². The van der Waals surface area contributed by atoms with E-state index in [2.05, 4.69) is 15.3 Å². The zero-order valence-corrected chi connectivity index (χ0v) is 26.0. The molecule has 3 aromatic carbocycles. The summed E-state index contributed by atoms with van der Waals surface area (Å²) in [6.45, 7) is 2.04. The number of phenolic OH excluding ortho intramolecular Hbond substituents is 1. The normalized spacial score (nSPS) is 15.6. The van der Waals surface area contributed by atoms with Gasteiger partial charge in [0.25, 0.3) is 5.91 Å². The highest BCUT2D eigenvalue weighted by Gasteiger charge is 2.40. The Hall–Kier alpha value is -5.36. The first-order valence-corrected chi connectivity index (χ1v) is 15.8. The van der Waals surface area contributed by atoms with Crippen LogP contribution in [0.3, 0.4) is 0 Å². The van der Waals surface area contributed by atoms with Crippen molar-refractivity contribution in [1.29, 1.82) is 0 Å². The Morgan fingerprint density at radius 3 is 2.42 bits per heavy atom. The number of nitrogens with one attached hydrogen (secondary N) is 2. The van der Waals surface area contributed by atoms with Gasteiger partial charge in [-0.15, -0.1) is 0 Å². The molecule has 1 aliphatic heterocycles. The summed E-state index contributed by atoms with van der Waals surface area (Å²) in [6.07, 6.45) is 0.691. The van der Waals surface area contributed by atoms with Gasteiger partial charge in [0.05, 0.1) is 17.3 Å². The lowest BCUT2D eigenvalue weighted by molar-refractivity contribution is -0.155. The van der Waals surface area contributed by atoms with E-state index >= 15 is 0 Å². The quantitative estimate of drug-likeness (QED) is 0.132. The number of benzene rings is 3. The van der Waals surface area contributed by atoms with Crippen LogP contribution in [0, 0.1) is 5.92 Å². The molecule has 0 radical (unpaired) electrons. The van der Waals surface area contributed by atoms with Gasteiger partial charge in [-0.2, -0.15) is 0 Å².